The smallest absolute Gasteiger partial charge is 0.178 e. The zero-order valence-electron chi connectivity index (χ0n) is 21.1. The van der Waals surface area contributed by atoms with Crippen LogP contribution in [0.15, 0.2) is 84.9 Å². The Morgan fingerprint density at radius 2 is 0.844 bits per heavy atom. The first-order valence-corrected chi connectivity index (χ1v) is 11.6. The molecule has 0 aromatic heterocycles. The molecule has 0 aliphatic carbocycles. The van der Waals surface area contributed by atoms with Crippen molar-refractivity contribution >= 4 is 0 Å². The first-order valence-electron chi connectivity index (χ1n) is 11.6. The van der Waals surface area contributed by atoms with Gasteiger partial charge in [-0.25, -0.2) is 0 Å². The second kappa shape index (κ2) is 14.7. The van der Waals surface area contributed by atoms with E-state index in [1.807, 2.05) is 0 Å². The van der Waals surface area contributed by atoms with E-state index in [1.165, 1.54) is 46.9 Å². The summed E-state index contributed by atoms with van der Waals surface area (Å²) in [5, 5.41) is 0. The molecule has 0 aliphatic heterocycles. The van der Waals surface area contributed by atoms with Crippen molar-refractivity contribution in [3.8, 4) is 0 Å². The Bertz CT molecular complexity index is 801. The zero-order valence-corrected chi connectivity index (χ0v) is 21.1. The van der Waals surface area contributed by atoms with Gasteiger partial charge in [0.2, 0.25) is 0 Å². The van der Waals surface area contributed by atoms with Crippen LogP contribution in [-0.4, -0.2) is 0 Å². The topological polar surface area (TPSA) is 0 Å². The van der Waals surface area contributed by atoms with Gasteiger partial charge in [0.25, 0.3) is 0 Å². The summed E-state index contributed by atoms with van der Waals surface area (Å²) in [4.78, 5) is 0. The van der Waals surface area contributed by atoms with Crippen LogP contribution in [0, 0.1) is 23.7 Å². The maximum atomic E-state index is 2.37. The second-order valence-corrected chi connectivity index (χ2v) is 8.67. The molecule has 0 aliphatic rings. The van der Waals surface area contributed by atoms with E-state index in [0.717, 1.165) is 12.8 Å². The molecule has 0 spiro atoms. The molecule has 0 amide bonds. The predicted molar refractivity (Wildman–Crippen MR) is 130 cm³/mol. The Hall–Kier alpha value is -1.41. The van der Waals surface area contributed by atoms with Crippen molar-refractivity contribution in [3.05, 3.63) is 119 Å². The SMILES string of the molecule is CCC(C)C[C-](c1ccccc1)c1ccccc1[C-](CC(C)CC)c1ccccc1.[Li+].[Li+]. The Morgan fingerprint density at radius 1 is 0.531 bits per heavy atom. The van der Waals surface area contributed by atoms with Crippen LogP contribution in [0.5, 0.6) is 0 Å². The molecule has 2 atom stereocenters. The van der Waals surface area contributed by atoms with Crippen LogP contribution in [0.25, 0.3) is 0 Å². The van der Waals surface area contributed by atoms with Crippen LogP contribution in [0.1, 0.15) is 75.6 Å². The van der Waals surface area contributed by atoms with Gasteiger partial charge in [-0.2, -0.15) is 23.3 Å². The first kappa shape index (κ1) is 28.6. The minimum atomic E-state index is 0. The molecule has 3 rings (SSSR count). The minimum absolute atomic E-state index is 0. The molecule has 0 nitrogen and oxygen atoms in total. The molecule has 0 fully saturated rings. The minimum Gasteiger partial charge on any atom is -0.178 e. The summed E-state index contributed by atoms with van der Waals surface area (Å²) < 4.78 is 0. The second-order valence-electron chi connectivity index (χ2n) is 8.67. The third-order valence-corrected chi connectivity index (χ3v) is 6.32. The van der Waals surface area contributed by atoms with Gasteiger partial charge in [0.1, 0.15) is 0 Å². The van der Waals surface area contributed by atoms with Crippen molar-refractivity contribution in [2.45, 2.75) is 53.4 Å². The normalized spacial score (nSPS) is 12.1. The van der Waals surface area contributed by atoms with Crippen LogP contribution in [0.4, 0.5) is 0 Å². The fourth-order valence-corrected chi connectivity index (χ4v) is 4.04. The van der Waals surface area contributed by atoms with E-state index < -0.39 is 0 Å². The molecular weight excluding hydrogens is 374 g/mol. The first-order chi connectivity index (χ1) is 14.6. The zero-order chi connectivity index (χ0) is 21.3. The van der Waals surface area contributed by atoms with E-state index >= 15 is 0 Å². The van der Waals surface area contributed by atoms with E-state index in [1.54, 1.807) is 0 Å². The van der Waals surface area contributed by atoms with Crippen LogP contribution in [0.2, 0.25) is 0 Å². The Labute approximate surface area is 221 Å². The van der Waals surface area contributed by atoms with Gasteiger partial charge in [0, 0.05) is 0 Å². The van der Waals surface area contributed by atoms with Crippen LogP contribution >= 0.6 is 0 Å². The van der Waals surface area contributed by atoms with Crippen molar-refractivity contribution in [3.63, 3.8) is 0 Å². The van der Waals surface area contributed by atoms with Crippen LogP contribution in [-0.2, 0) is 0 Å². The van der Waals surface area contributed by atoms with E-state index in [9.17, 15) is 0 Å². The molecule has 3 aromatic rings. The van der Waals surface area contributed by atoms with Crippen LogP contribution in [0.3, 0.4) is 0 Å². The van der Waals surface area contributed by atoms with Crippen molar-refractivity contribution in [1.29, 1.82) is 0 Å². The van der Waals surface area contributed by atoms with Gasteiger partial charge in [0.15, 0.2) is 0 Å². The van der Waals surface area contributed by atoms with Gasteiger partial charge in [-0.3, -0.25) is 0 Å². The summed E-state index contributed by atoms with van der Waals surface area (Å²) in [6.07, 6.45) is 4.59. The molecule has 0 radical (unpaired) electrons. The Morgan fingerprint density at radius 3 is 1.16 bits per heavy atom. The Kier molecular flexibility index (Phi) is 13.1. The molecule has 0 heterocycles. The molecule has 32 heavy (non-hydrogen) atoms. The average molecular weight is 411 g/mol. The van der Waals surface area contributed by atoms with Crippen LogP contribution < -0.4 is 37.7 Å². The van der Waals surface area contributed by atoms with Crippen molar-refractivity contribution in [2.75, 3.05) is 0 Å². The standard InChI is InChI=1S/C30H36.2Li/c1-5-23(3)21-29(25-15-9-7-10-16-25)27-19-13-14-20-28(27)30(22-24(4)6-2)26-17-11-8-12-18-26;;/h7-20,23-24H,5-6,21-22H2,1-4H3;;/q-2;2*+1. The number of hydrogen-bond acceptors (Lipinski definition) is 0. The molecule has 0 bridgehead atoms. The van der Waals surface area contributed by atoms with Gasteiger partial charge >= 0.3 is 37.7 Å². The van der Waals surface area contributed by atoms with Gasteiger partial charge in [-0.05, 0) is 11.8 Å². The van der Waals surface area contributed by atoms with Gasteiger partial charge < -0.3 is 0 Å². The summed E-state index contributed by atoms with van der Waals surface area (Å²) in [5.41, 5.74) is 5.49. The molecule has 158 valence electrons. The fourth-order valence-electron chi connectivity index (χ4n) is 4.04. The van der Waals surface area contributed by atoms with E-state index in [-0.39, 0.29) is 37.7 Å². The maximum Gasteiger partial charge on any atom is 1.00 e. The molecule has 0 N–H and O–H groups in total. The summed E-state index contributed by atoms with van der Waals surface area (Å²) in [6.45, 7) is 9.33. The fraction of sp³-hybridized carbons (Fsp3) is 0.333. The maximum absolute atomic E-state index is 2.37. The van der Waals surface area contributed by atoms with E-state index in [4.69, 9.17) is 0 Å². The number of rotatable bonds is 10. The number of benzene rings is 3. The van der Waals surface area contributed by atoms with Crippen molar-refractivity contribution in [1.82, 2.24) is 0 Å². The molecule has 3 aromatic carbocycles. The average Bonchev–Trinajstić information content (AvgIpc) is 2.81. The largest absolute Gasteiger partial charge is 1.00 e. The number of hydrogen-bond donors (Lipinski definition) is 0. The molecule has 2 heteroatoms. The molecule has 0 saturated heterocycles. The van der Waals surface area contributed by atoms with E-state index in [2.05, 4.69) is 113 Å². The third-order valence-electron chi connectivity index (χ3n) is 6.32. The summed E-state index contributed by atoms with van der Waals surface area (Å²) in [6, 6.07) is 31.0. The van der Waals surface area contributed by atoms with Gasteiger partial charge in [-0.1, -0.05) is 89.8 Å². The van der Waals surface area contributed by atoms with E-state index in [0.29, 0.717) is 11.8 Å². The monoisotopic (exact) mass is 410 g/mol. The summed E-state index contributed by atoms with van der Waals surface area (Å²) >= 11 is 0. The van der Waals surface area contributed by atoms with Crippen molar-refractivity contribution in [2.24, 2.45) is 11.8 Å². The Balaban J connectivity index is 0.00000256. The summed E-state index contributed by atoms with van der Waals surface area (Å²) in [7, 11) is 0. The third kappa shape index (κ3) is 7.58. The summed E-state index contributed by atoms with van der Waals surface area (Å²) in [5.74, 6) is 4.25. The molecule has 0 saturated carbocycles. The predicted octanol–water partition coefficient (Wildman–Crippen LogP) is 2.51. The van der Waals surface area contributed by atoms with Gasteiger partial charge in [0.05, 0.1) is 0 Å². The van der Waals surface area contributed by atoms with Crippen molar-refractivity contribution < 1.29 is 37.7 Å². The molecule has 2 unspecified atom stereocenters. The quantitative estimate of drug-likeness (QED) is 0.356. The molecular formula is C30H36Li2. The van der Waals surface area contributed by atoms with Gasteiger partial charge in [-0.15, -0.1) is 59.4 Å².